The second-order valence-corrected chi connectivity index (χ2v) is 4.47. The SMILES string of the molecule is CCOC(=O)c1ccc(SCC)cc1C. The van der Waals surface area contributed by atoms with Crippen LogP contribution in [0.25, 0.3) is 0 Å². The highest BCUT2D eigenvalue weighted by molar-refractivity contribution is 7.99. The van der Waals surface area contributed by atoms with E-state index in [0.29, 0.717) is 12.2 Å². The van der Waals surface area contributed by atoms with Crippen LogP contribution in [0.4, 0.5) is 0 Å². The molecule has 0 unspecified atom stereocenters. The largest absolute Gasteiger partial charge is 0.462 e. The maximum absolute atomic E-state index is 11.5. The van der Waals surface area contributed by atoms with Crippen molar-refractivity contribution in [3.05, 3.63) is 29.3 Å². The van der Waals surface area contributed by atoms with Gasteiger partial charge in [0.05, 0.1) is 12.2 Å². The van der Waals surface area contributed by atoms with E-state index in [1.54, 1.807) is 11.8 Å². The molecule has 1 aromatic rings. The van der Waals surface area contributed by atoms with Crippen LogP contribution in [-0.2, 0) is 4.74 Å². The smallest absolute Gasteiger partial charge is 0.338 e. The molecule has 0 aliphatic heterocycles. The zero-order valence-electron chi connectivity index (χ0n) is 9.37. The van der Waals surface area contributed by atoms with Gasteiger partial charge in [0.1, 0.15) is 0 Å². The third-order valence-electron chi connectivity index (χ3n) is 2.00. The van der Waals surface area contributed by atoms with Crippen molar-refractivity contribution in [3.8, 4) is 0 Å². The van der Waals surface area contributed by atoms with E-state index in [4.69, 9.17) is 4.74 Å². The summed E-state index contributed by atoms with van der Waals surface area (Å²) in [6.45, 7) is 6.28. The second kappa shape index (κ2) is 5.81. The highest BCUT2D eigenvalue weighted by Crippen LogP contribution is 2.21. The van der Waals surface area contributed by atoms with Crippen molar-refractivity contribution in [1.82, 2.24) is 0 Å². The third kappa shape index (κ3) is 3.27. The molecule has 3 heteroatoms. The molecular formula is C12H16O2S. The molecule has 0 fully saturated rings. The molecule has 0 aliphatic rings. The summed E-state index contributed by atoms with van der Waals surface area (Å²) >= 11 is 1.77. The molecule has 82 valence electrons. The minimum atomic E-state index is -0.233. The Balaban J connectivity index is 2.87. The monoisotopic (exact) mass is 224 g/mol. The number of carbonyl (C=O) groups is 1. The molecule has 0 aromatic heterocycles. The lowest BCUT2D eigenvalue weighted by Gasteiger charge is -2.06. The number of esters is 1. The minimum absolute atomic E-state index is 0.233. The summed E-state index contributed by atoms with van der Waals surface area (Å²) in [4.78, 5) is 12.7. The number of ether oxygens (including phenoxy) is 1. The van der Waals surface area contributed by atoms with Crippen molar-refractivity contribution < 1.29 is 9.53 Å². The van der Waals surface area contributed by atoms with Gasteiger partial charge in [0, 0.05) is 4.90 Å². The summed E-state index contributed by atoms with van der Waals surface area (Å²) in [5.74, 6) is 0.807. The fourth-order valence-electron chi connectivity index (χ4n) is 1.33. The summed E-state index contributed by atoms with van der Waals surface area (Å²) in [5.41, 5.74) is 1.64. The second-order valence-electron chi connectivity index (χ2n) is 3.13. The Hall–Kier alpha value is -0.960. The fraction of sp³-hybridized carbons (Fsp3) is 0.417. The first-order chi connectivity index (χ1) is 7.19. The first-order valence-electron chi connectivity index (χ1n) is 5.09. The van der Waals surface area contributed by atoms with Gasteiger partial charge in [-0.15, -0.1) is 11.8 Å². The van der Waals surface area contributed by atoms with Crippen molar-refractivity contribution in [1.29, 1.82) is 0 Å². The van der Waals surface area contributed by atoms with E-state index in [0.717, 1.165) is 11.3 Å². The Morgan fingerprint density at radius 2 is 2.13 bits per heavy atom. The van der Waals surface area contributed by atoms with Crippen molar-refractivity contribution in [2.75, 3.05) is 12.4 Å². The van der Waals surface area contributed by atoms with E-state index >= 15 is 0 Å². The van der Waals surface area contributed by atoms with Crippen molar-refractivity contribution in [3.63, 3.8) is 0 Å². The maximum atomic E-state index is 11.5. The Morgan fingerprint density at radius 1 is 1.40 bits per heavy atom. The number of benzene rings is 1. The standard InChI is InChI=1S/C12H16O2S/c1-4-14-12(13)11-7-6-10(15-5-2)8-9(11)3/h6-8H,4-5H2,1-3H3. The summed E-state index contributed by atoms with van der Waals surface area (Å²) in [6, 6.07) is 5.83. The maximum Gasteiger partial charge on any atom is 0.338 e. The Kier molecular flexibility index (Phi) is 4.69. The van der Waals surface area contributed by atoms with Crippen LogP contribution >= 0.6 is 11.8 Å². The summed E-state index contributed by atoms with van der Waals surface area (Å²) in [7, 11) is 0. The quantitative estimate of drug-likeness (QED) is 0.580. The van der Waals surface area contributed by atoms with E-state index < -0.39 is 0 Å². The molecule has 2 nitrogen and oxygen atoms in total. The van der Waals surface area contributed by atoms with Gasteiger partial charge in [-0.25, -0.2) is 4.79 Å². The summed E-state index contributed by atoms with van der Waals surface area (Å²) < 4.78 is 4.96. The molecule has 0 N–H and O–H groups in total. The van der Waals surface area contributed by atoms with Crippen molar-refractivity contribution in [2.45, 2.75) is 25.7 Å². The average molecular weight is 224 g/mol. The van der Waals surface area contributed by atoms with Crippen LogP contribution in [0.15, 0.2) is 23.1 Å². The van der Waals surface area contributed by atoms with Gasteiger partial charge in [-0.3, -0.25) is 0 Å². The van der Waals surface area contributed by atoms with E-state index in [1.807, 2.05) is 32.0 Å². The van der Waals surface area contributed by atoms with Crippen LogP contribution in [0.1, 0.15) is 29.8 Å². The van der Waals surface area contributed by atoms with E-state index in [2.05, 4.69) is 6.92 Å². The molecule has 0 spiro atoms. The van der Waals surface area contributed by atoms with Gasteiger partial charge in [-0.2, -0.15) is 0 Å². The lowest BCUT2D eigenvalue weighted by molar-refractivity contribution is 0.0525. The van der Waals surface area contributed by atoms with Crippen LogP contribution in [0, 0.1) is 6.92 Å². The normalized spacial score (nSPS) is 10.1. The van der Waals surface area contributed by atoms with Crippen LogP contribution in [0.3, 0.4) is 0 Å². The van der Waals surface area contributed by atoms with Crippen LogP contribution in [-0.4, -0.2) is 18.3 Å². The topological polar surface area (TPSA) is 26.3 Å². The first-order valence-corrected chi connectivity index (χ1v) is 6.08. The van der Waals surface area contributed by atoms with Crippen LogP contribution in [0.2, 0.25) is 0 Å². The Morgan fingerprint density at radius 3 is 2.67 bits per heavy atom. The molecule has 15 heavy (non-hydrogen) atoms. The molecule has 0 heterocycles. The molecule has 0 atom stereocenters. The average Bonchev–Trinajstić information content (AvgIpc) is 2.18. The lowest BCUT2D eigenvalue weighted by Crippen LogP contribution is -2.06. The highest BCUT2D eigenvalue weighted by atomic mass is 32.2. The molecular weight excluding hydrogens is 208 g/mol. The number of hydrogen-bond acceptors (Lipinski definition) is 3. The predicted molar refractivity (Wildman–Crippen MR) is 63.5 cm³/mol. The van der Waals surface area contributed by atoms with Gasteiger partial charge >= 0.3 is 5.97 Å². The number of thioether (sulfide) groups is 1. The van der Waals surface area contributed by atoms with Crippen LogP contribution in [0.5, 0.6) is 0 Å². The first kappa shape index (κ1) is 12.1. The van der Waals surface area contributed by atoms with Gasteiger partial charge in [0.2, 0.25) is 0 Å². The zero-order chi connectivity index (χ0) is 11.3. The molecule has 0 saturated heterocycles. The number of rotatable bonds is 4. The Labute approximate surface area is 95.0 Å². The molecule has 0 saturated carbocycles. The van der Waals surface area contributed by atoms with Gasteiger partial charge in [-0.05, 0) is 43.4 Å². The van der Waals surface area contributed by atoms with Crippen molar-refractivity contribution >= 4 is 17.7 Å². The van der Waals surface area contributed by atoms with Gasteiger partial charge < -0.3 is 4.74 Å². The molecule has 0 radical (unpaired) electrons. The summed E-state index contributed by atoms with van der Waals surface area (Å²) in [5, 5.41) is 0. The Bertz CT molecular complexity index is 347. The lowest BCUT2D eigenvalue weighted by atomic mass is 10.1. The predicted octanol–water partition coefficient (Wildman–Crippen LogP) is 3.28. The third-order valence-corrected chi connectivity index (χ3v) is 2.88. The fourth-order valence-corrected chi connectivity index (χ4v) is 2.09. The molecule has 0 bridgehead atoms. The number of hydrogen-bond donors (Lipinski definition) is 0. The van der Waals surface area contributed by atoms with Gasteiger partial charge in [0.15, 0.2) is 0 Å². The van der Waals surface area contributed by atoms with Crippen LogP contribution < -0.4 is 0 Å². The number of aryl methyl sites for hydroxylation is 1. The van der Waals surface area contributed by atoms with E-state index in [9.17, 15) is 4.79 Å². The molecule has 0 amide bonds. The number of carbonyl (C=O) groups excluding carboxylic acids is 1. The van der Waals surface area contributed by atoms with E-state index in [1.165, 1.54) is 4.90 Å². The van der Waals surface area contributed by atoms with Gasteiger partial charge in [0.25, 0.3) is 0 Å². The molecule has 1 rings (SSSR count). The molecule has 1 aromatic carbocycles. The molecule has 0 aliphatic carbocycles. The van der Waals surface area contributed by atoms with E-state index in [-0.39, 0.29) is 5.97 Å². The highest BCUT2D eigenvalue weighted by Gasteiger charge is 2.09. The van der Waals surface area contributed by atoms with Crippen molar-refractivity contribution in [2.24, 2.45) is 0 Å². The zero-order valence-corrected chi connectivity index (χ0v) is 10.2. The van der Waals surface area contributed by atoms with Gasteiger partial charge in [-0.1, -0.05) is 6.92 Å². The minimum Gasteiger partial charge on any atom is -0.462 e. The summed E-state index contributed by atoms with van der Waals surface area (Å²) in [6.07, 6.45) is 0.